The van der Waals surface area contributed by atoms with Gasteiger partial charge in [-0.05, 0) is 47.9 Å². The molecule has 4 aromatic rings. The molecule has 0 aliphatic rings. The van der Waals surface area contributed by atoms with E-state index in [0.29, 0.717) is 16.9 Å². The van der Waals surface area contributed by atoms with Gasteiger partial charge in [-0.1, -0.05) is 54.6 Å². The summed E-state index contributed by atoms with van der Waals surface area (Å²) in [5.74, 6) is -0.989. The molecule has 1 amide bonds. The number of esters is 1. The second-order valence-electron chi connectivity index (χ2n) is 8.29. The summed E-state index contributed by atoms with van der Waals surface area (Å²) in [6.45, 7) is 1.70. The van der Waals surface area contributed by atoms with Crippen LogP contribution in [0.4, 0.5) is 8.78 Å². The molecule has 1 aromatic heterocycles. The van der Waals surface area contributed by atoms with E-state index < -0.39 is 30.0 Å². The number of aryl methyl sites for hydroxylation is 1. The zero-order valence-corrected chi connectivity index (χ0v) is 20.4. The van der Waals surface area contributed by atoms with Crippen molar-refractivity contribution >= 4 is 11.9 Å². The molecule has 0 radical (unpaired) electrons. The summed E-state index contributed by atoms with van der Waals surface area (Å²) in [6.07, 6.45) is -2.99. The Morgan fingerprint density at radius 2 is 1.62 bits per heavy atom. The third kappa shape index (κ3) is 5.66. The van der Waals surface area contributed by atoms with Crippen molar-refractivity contribution in [2.75, 3.05) is 7.11 Å². The number of carbonyl (C=O) groups is 2. The number of amides is 1. The molecule has 3 aromatic carbocycles. The van der Waals surface area contributed by atoms with Crippen LogP contribution in [-0.4, -0.2) is 28.8 Å². The van der Waals surface area contributed by atoms with E-state index in [0.717, 1.165) is 15.8 Å². The Morgan fingerprint density at radius 3 is 2.27 bits per heavy atom. The molecule has 1 heterocycles. The number of hydrogen-bond acceptors (Lipinski definition) is 5. The molecule has 0 saturated carbocycles. The largest absolute Gasteiger partial charge is 0.465 e. The Balaban J connectivity index is 1.61. The smallest absolute Gasteiger partial charge is 0.337 e. The lowest BCUT2D eigenvalue weighted by Crippen LogP contribution is -2.27. The van der Waals surface area contributed by atoms with Gasteiger partial charge in [0.15, 0.2) is 0 Å². The van der Waals surface area contributed by atoms with Crippen LogP contribution in [0.5, 0.6) is 11.6 Å². The van der Waals surface area contributed by atoms with Crippen LogP contribution in [0.3, 0.4) is 0 Å². The Kier molecular flexibility index (Phi) is 7.62. The van der Waals surface area contributed by atoms with E-state index in [1.807, 2.05) is 36.4 Å². The zero-order valence-electron chi connectivity index (χ0n) is 20.4. The number of methoxy groups -OCH3 is 1. The van der Waals surface area contributed by atoms with E-state index in [9.17, 15) is 18.4 Å². The summed E-state index contributed by atoms with van der Waals surface area (Å²) in [6, 6.07) is 22.6. The van der Waals surface area contributed by atoms with Crippen molar-refractivity contribution in [3.63, 3.8) is 0 Å². The van der Waals surface area contributed by atoms with Crippen LogP contribution in [-0.2, 0) is 11.8 Å². The maximum atomic E-state index is 13.9. The number of alkyl halides is 2. The molecule has 0 fully saturated rings. The third-order valence-electron chi connectivity index (χ3n) is 5.79. The summed E-state index contributed by atoms with van der Waals surface area (Å²) in [5, 5.41) is 6.58. The minimum absolute atomic E-state index is 0.105. The number of ether oxygens (including phenoxy) is 2. The highest BCUT2D eigenvalue weighted by molar-refractivity contribution is 5.98. The van der Waals surface area contributed by atoms with Crippen LogP contribution in [0.1, 0.15) is 51.4 Å². The fourth-order valence-corrected chi connectivity index (χ4v) is 3.87. The van der Waals surface area contributed by atoms with Crippen LogP contribution in [0, 0.1) is 0 Å². The van der Waals surface area contributed by atoms with Gasteiger partial charge in [0.2, 0.25) is 5.88 Å². The maximum Gasteiger partial charge on any atom is 0.337 e. The highest BCUT2D eigenvalue weighted by atomic mass is 19.3. The minimum atomic E-state index is -2.99. The fourth-order valence-electron chi connectivity index (χ4n) is 3.87. The molecule has 0 aliphatic carbocycles. The topological polar surface area (TPSA) is 82.5 Å². The van der Waals surface area contributed by atoms with Crippen molar-refractivity contribution in [2.45, 2.75) is 19.4 Å². The molecule has 0 spiro atoms. The lowest BCUT2D eigenvalue weighted by molar-refractivity contribution is 0.0600. The average Bonchev–Trinajstić information content (AvgIpc) is 3.25. The molecular formula is C28H25F2N3O4. The first-order valence-electron chi connectivity index (χ1n) is 11.5. The van der Waals surface area contributed by atoms with Gasteiger partial charge in [0.1, 0.15) is 17.0 Å². The van der Waals surface area contributed by atoms with E-state index >= 15 is 0 Å². The normalized spacial score (nSPS) is 11.7. The van der Waals surface area contributed by atoms with Gasteiger partial charge in [0.25, 0.3) is 12.3 Å². The molecule has 190 valence electrons. The van der Waals surface area contributed by atoms with Crippen LogP contribution >= 0.6 is 0 Å². The summed E-state index contributed by atoms with van der Waals surface area (Å²) < 4.78 is 39.5. The highest BCUT2D eigenvalue weighted by Gasteiger charge is 2.30. The van der Waals surface area contributed by atoms with Crippen molar-refractivity contribution in [1.29, 1.82) is 0 Å². The molecule has 0 bridgehead atoms. The number of rotatable bonds is 8. The first kappa shape index (κ1) is 25.6. The monoisotopic (exact) mass is 505 g/mol. The van der Waals surface area contributed by atoms with Gasteiger partial charge in [-0.3, -0.25) is 4.79 Å². The van der Waals surface area contributed by atoms with Crippen molar-refractivity contribution in [2.24, 2.45) is 7.05 Å². The van der Waals surface area contributed by atoms with Gasteiger partial charge in [-0.15, -0.1) is 0 Å². The lowest BCUT2D eigenvalue weighted by Gasteiger charge is -2.16. The molecule has 1 N–H and O–H groups in total. The van der Waals surface area contributed by atoms with Crippen molar-refractivity contribution < 1.29 is 27.8 Å². The number of carbonyl (C=O) groups excluding carboxylic acids is 2. The zero-order chi connectivity index (χ0) is 26.5. The van der Waals surface area contributed by atoms with Crippen LogP contribution in [0.25, 0.3) is 11.1 Å². The van der Waals surface area contributed by atoms with Crippen LogP contribution in [0.15, 0.2) is 78.9 Å². The molecule has 9 heteroatoms. The molecule has 7 nitrogen and oxygen atoms in total. The molecule has 0 saturated heterocycles. The Hall–Kier alpha value is -4.53. The number of benzene rings is 3. The summed E-state index contributed by atoms with van der Waals surface area (Å²) in [7, 11) is 2.72. The number of aromatic nitrogens is 2. The minimum Gasteiger partial charge on any atom is -0.465 e. The Labute approximate surface area is 212 Å². The van der Waals surface area contributed by atoms with Crippen molar-refractivity contribution in [1.82, 2.24) is 15.1 Å². The van der Waals surface area contributed by atoms with E-state index in [-0.39, 0.29) is 11.4 Å². The quantitative estimate of drug-likeness (QED) is 0.293. The summed E-state index contributed by atoms with van der Waals surface area (Å²) >= 11 is 0. The molecular weight excluding hydrogens is 480 g/mol. The number of hydrogen-bond donors (Lipinski definition) is 1. The Morgan fingerprint density at radius 1 is 0.946 bits per heavy atom. The number of nitrogens with one attached hydrogen (secondary N) is 1. The standard InChI is InChI=1S/C28H25F2N3O4/c1-17(18-12-14-20(15-13-18)28(35)36-3)31-26(34)23-24(25(29)30)32-33(2)27(23)37-22-11-7-10-21(16-22)19-8-5-4-6-9-19/h4-17,25H,1-3H3,(H,31,34)/t17-/m0/s1. The van der Waals surface area contributed by atoms with Gasteiger partial charge in [0.05, 0.1) is 18.7 Å². The average molecular weight is 506 g/mol. The Bertz CT molecular complexity index is 1400. The van der Waals surface area contributed by atoms with Gasteiger partial charge >= 0.3 is 5.97 Å². The third-order valence-corrected chi connectivity index (χ3v) is 5.79. The first-order chi connectivity index (χ1) is 17.8. The van der Waals surface area contributed by atoms with E-state index in [1.54, 1.807) is 49.4 Å². The van der Waals surface area contributed by atoms with Gasteiger partial charge in [0, 0.05) is 7.05 Å². The molecule has 4 rings (SSSR count). The molecule has 37 heavy (non-hydrogen) atoms. The lowest BCUT2D eigenvalue weighted by atomic mass is 10.1. The predicted molar refractivity (Wildman–Crippen MR) is 134 cm³/mol. The summed E-state index contributed by atoms with van der Waals surface area (Å²) in [4.78, 5) is 24.9. The van der Waals surface area contributed by atoms with Crippen molar-refractivity contribution in [3.05, 3.63) is 101 Å². The fraction of sp³-hybridized carbons (Fsp3) is 0.179. The van der Waals surface area contributed by atoms with Crippen LogP contribution < -0.4 is 10.1 Å². The van der Waals surface area contributed by atoms with E-state index in [2.05, 4.69) is 15.2 Å². The summed E-state index contributed by atoms with van der Waals surface area (Å²) in [5.41, 5.74) is 1.82. The maximum absolute atomic E-state index is 13.9. The van der Waals surface area contributed by atoms with Gasteiger partial charge in [-0.25, -0.2) is 18.3 Å². The SMILES string of the molecule is COC(=O)c1ccc([C@H](C)NC(=O)c2c(C(F)F)nn(C)c2Oc2cccc(-c3ccccc3)c2)cc1. The first-order valence-corrected chi connectivity index (χ1v) is 11.5. The molecule has 1 atom stereocenters. The van der Waals surface area contributed by atoms with E-state index in [4.69, 9.17) is 4.74 Å². The number of nitrogens with zero attached hydrogens (tertiary/aromatic N) is 2. The molecule has 0 aliphatic heterocycles. The number of halogens is 2. The van der Waals surface area contributed by atoms with Crippen LogP contribution in [0.2, 0.25) is 0 Å². The second kappa shape index (κ2) is 11.0. The predicted octanol–water partition coefficient (Wildman–Crippen LogP) is 6.09. The second-order valence-corrected chi connectivity index (χ2v) is 8.29. The van der Waals surface area contributed by atoms with Crippen molar-refractivity contribution in [3.8, 4) is 22.8 Å². The van der Waals surface area contributed by atoms with E-state index in [1.165, 1.54) is 14.2 Å². The molecule has 0 unspecified atom stereocenters. The van der Waals surface area contributed by atoms with Gasteiger partial charge < -0.3 is 14.8 Å². The highest BCUT2D eigenvalue weighted by Crippen LogP contribution is 2.34. The van der Waals surface area contributed by atoms with Gasteiger partial charge in [-0.2, -0.15) is 5.10 Å².